The number of nitrogens with one attached hydrogen (secondary N) is 2. The Kier molecular flexibility index (Phi) is 8.20. The van der Waals surface area contributed by atoms with E-state index in [0.29, 0.717) is 24.5 Å². The second-order valence-corrected chi connectivity index (χ2v) is 12.5. The quantitative estimate of drug-likeness (QED) is 0.233. The molecule has 11 nitrogen and oxygen atoms in total. The number of hydrogen-bond acceptors (Lipinski definition) is 8. The Morgan fingerprint density at radius 1 is 0.977 bits per heavy atom. The molecule has 3 heterocycles. The van der Waals surface area contributed by atoms with Crippen LogP contribution in [0.1, 0.15) is 118 Å². The predicted molar refractivity (Wildman–Crippen MR) is 165 cm³/mol. The minimum absolute atomic E-state index is 0.0856. The van der Waals surface area contributed by atoms with Gasteiger partial charge in [0.1, 0.15) is 23.5 Å². The standard InChI is InChI=1S/C33H39N7O4/c1-5-43-31(41)29-35-26(33(2,3)4)18-27(36-29)37-32(42)34-24-15-16-25(23-13-9-8-12-22(23)24)44-21-14-17-28-38-39-30(40(28)19-21)20-10-6-7-11-20/h8-9,12-14,17-20,24-25H,5-7,10-11,15-16H2,1-4H3,(H2,34,35,36,37,42). The zero-order valence-electron chi connectivity index (χ0n) is 25.7. The lowest BCUT2D eigenvalue weighted by Crippen LogP contribution is -2.36. The zero-order valence-corrected chi connectivity index (χ0v) is 25.7. The molecule has 2 unspecified atom stereocenters. The first-order chi connectivity index (χ1) is 21.2. The minimum Gasteiger partial charge on any atom is -0.484 e. The lowest BCUT2D eigenvalue weighted by Gasteiger charge is -2.32. The lowest BCUT2D eigenvalue weighted by molar-refractivity contribution is 0.0511. The number of amides is 2. The fourth-order valence-corrected chi connectivity index (χ4v) is 6.10. The van der Waals surface area contributed by atoms with E-state index >= 15 is 0 Å². The maximum atomic E-state index is 13.2. The smallest absolute Gasteiger partial charge is 0.376 e. The maximum absolute atomic E-state index is 13.2. The molecule has 4 aromatic rings. The number of rotatable bonds is 7. The molecule has 0 radical (unpaired) electrons. The molecule has 44 heavy (non-hydrogen) atoms. The van der Waals surface area contributed by atoms with E-state index in [-0.39, 0.29) is 35.8 Å². The van der Waals surface area contributed by atoms with Gasteiger partial charge in [-0.15, -0.1) is 10.2 Å². The van der Waals surface area contributed by atoms with Crippen LogP contribution in [-0.4, -0.2) is 43.2 Å². The summed E-state index contributed by atoms with van der Waals surface area (Å²) < 4.78 is 13.7. The van der Waals surface area contributed by atoms with E-state index in [1.165, 1.54) is 12.8 Å². The van der Waals surface area contributed by atoms with Crippen molar-refractivity contribution in [3.05, 3.63) is 77.1 Å². The van der Waals surface area contributed by atoms with Crippen molar-refractivity contribution in [3.8, 4) is 5.75 Å². The molecular weight excluding hydrogens is 558 g/mol. The Labute approximate surface area is 256 Å². The summed E-state index contributed by atoms with van der Waals surface area (Å²) in [5, 5.41) is 14.8. The van der Waals surface area contributed by atoms with E-state index < -0.39 is 12.0 Å². The molecule has 0 aliphatic heterocycles. The number of pyridine rings is 1. The van der Waals surface area contributed by atoms with Gasteiger partial charge in [-0.1, -0.05) is 57.9 Å². The Morgan fingerprint density at radius 3 is 2.50 bits per heavy atom. The molecule has 2 N–H and O–H groups in total. The number of carbonyl (C=O) groups is 2. The van der Waals surface area contributed by atoms with E-state index in [4.69, 9.17) is 9.47 Å². The summed E-state index contributed by atoms with van der Waals surface area (Å²) in [5.41, 5.74) is 3.11. The average Bonchev–Trinajstić information content (AvgIpc) is 3.68. The van der Waals surface area contributed by atoms with Crippen LogP contribution in [0.2, 0.25) is 0 Å². The first-order valence-electron chi connectivity index (χ1n) is 15.4. The second kappa shape index (κ2) is 12.2. The fourth-order valence-electron chi connectivity index (χ4n) is 6.10. The van der Waals surface area contributed by atoms with Crippen molar-refractivity contribution >= 4 is 23.5 Å². The maximum Gasteiger partial charge on any atom is 0.376 e. The van der Waals surface area contributed by atoms with Crippen molar-refractivity contribution in [1.82, 2.24) is 29.9 Å². The largest absolute Gasteiger partial charge is 0.484 e. The predicted octanol–water partition coefficient (Wildman–Crippen LogP) is 6.43. The van der Waals surface area contributed by atoms with E-state index in [2.05, 4.69) is 41.3 Å². The lowest BCUT2D eigenvalue weighted by atomic mass is 9.85. The number of nitrogens with zero attached hydrogens (tertiary/aromatic N) is 5. The minimum atomic E-state index is -0.632. The normalized spacial score (nSPS) is 18.5. The molecular formula is C33H39N7O4. The zero-order chi connectivity index (χ0) is 30.8. The van der Waals surface area contributed by atoms with E-state index in [1.54, 1.807) is 13.0 Å². The third-order valence-electron chi connectivity index (χ3n) is 8.34. The Morgan fingerprint density at radius 2 is 1.75 bits per heavy atom. The number of esters is 1. The van der Waals surface area contributed by atoms with Crippen LogP contribution in [0.15, 0.2) is 48.7 Å². The van der Waals surface area contributed by atoms with Crippen molar-refractivity contribution < 1.29 is 19.1 Å². The molecule has 0 saturated heterocycles. The highest BCUT2D eigenvalue weighted by Gasteiger charge is 2.30. The Balaban J connectivity index is 1.18. The number of benzene rings is 1. The van der Waals surface area contributed by atoms with Crippen LogP contribution < -0.4 is 15.4 Å². The van der Waals surface area contributed by atoms with Crippen molar-refractivity contribution in [2.75, 3.05) is 11.9 Å². The molecule has 6 rings (SSSR count). The number of fused-ring (bicyclic) bond motifs is 2. The van der Waals surface area contributed by atoms with E-state index in [0.717, 1.165) is 41.2 Å². The highest BCUT2D eigenvalue weighted by atomic mass is 16.5. The summed E-state index contributed by atoms with van der Waals surface area (Å²) in [6.45, 7) is 7.85. The summed E-state index contributed by atoms with van der Waals surface area (Å²) in [4.78, 5) is 34.3. The third-order valence-corrected chi connectivity index (χ3v) is 8.34. The number of carbonyl (C=O) groups excluding carboxylic acids is 2. The van der Waals surface area contributed by atoms with Gasteiger partial charge in [0.05, 0.1) is 24.5 Å². The molecule has 11 heteroatoms. The van der Waals surface area contributed by atoms with E-state index in [1.807, 2.05) is 57.3 Å². The number of urea groups is 1. The highest BCUT2D eigenvalue weighted by molar-refractivity contribution is 5.90. The summed E-state index contributed by atoms with van der Waals surface area (Å²) >= 11 is 0. The number of anilines is 1. The molecule has 0 spiro atoms. The summed E-state index contributed by atoms with van der Waals surface area (Å²) in [5.74, 6) is 1.72. The average molecular weight is 598 g/mol. The van der Waals surface area contributed by atoms with Crippen LogP contribution in [0.5, 0.6) is 5.75 Å². The Bertz CT molecular complexity index is 1670. The van der Waals surface area contributed by atoms with Crippen molar-refractivity contribution in [1.29, 1.82) is 0 Å². The molecule has 2 aliphatic rings. The van der Waals surface area contributed by atoms with Gasteiger partial charge in [0.25, 0.3) is 0 Å². The molecule has 230 valence electrons. The Hall–Kier alpha value is -4.54. The first kappa shape index (κ1) is 29.5. The van der Waals surface area contributed by atoms with Crippen LogP contribution in [0, 0.1) is 0 Å². The molecule has 2 atom stereocenters. The summed E-state index contributed by atoms with van der Waals surface area (Å²) in [6, 6.07) is 13.0. The van der Waals surface area contributed by atoms with Crippen LogP contribution in [-0.2, 0) is 10.2 Å². The number of hydrogen-bond donors (Lipinski definition) is 2. The van der Waals surface area contributed by atoms with Crippen molar-refractivity contribution in [3.63, 3.8) is 0 Å². The van der Waals surface area contributed by atoms with Gasteiger partial charge in [-0.05, 0) is 55.9 Å². The third kappa shape index (κ3) is 6.22. The first-order valence-corrected chi connectivity index (χ1v) is 15.4. The number of ether oxygens (including phenoxy) is 2. The second-order valence-electron chi connectivity index (χ2n) is 12.5. The van der Waals surface area contributed by atoms with Gasteiger partial charge in [0, 0.05) is 17.4 Å². The summed E-state index contributed by atoms with van der Waals surface area (Å²) in [7, 11) is 0. The molecule has 1 fully saturated rings. The molecule has 1 saturated carbocycles. The van der Waals surface area contributed by atoms with Gasteiger partial charge in [-0.2, -0.15) is 0 Å². The van der Waals surface area contributed by atoms with Gasteiger partial charge in [0.15, 0.2) is 5.65 Å². The van der Waals surface area contributed by atoms with Gasteiger partial charge >= 0.3 is 12.0 Å². The fraction of sp³-hybridized carbons (Fsp3) is 0.455. The number of aromatic nitrogens is 5. The van der Waals surface area contributed by atoms with Crippen LogP contribution in [0.4, 0.5) is 10.6 Å². The van der Waals surface area contributed by atoms with Crippen LogP contribution in [0.3, 0.4) is 0 Å². The SMILES string of the molecule is CCOC(=O)c1nc(NC(=O)NC2CCC(Oc3ccc4nnc(C5CCCC5)n4c3)c3ccccc32)cc(C(C)(C)C)n1. The monoisotopic (exact) mass is 597 g/mol. The summed E-state index contributed by atoms with van der Waals surface area (Å²) in [6.07, 6.45) is 7.98. The molecule has 2 aliphatic carbocycles. The van der Waals surface area contributed by atoms with Crippen LogP contribution >= 0.6 is 0 Å². The van der Waals surface area contributed by atoms with Gasteiger partial charge in [0.2, 0.25) is 5.82 Å². The van der Waals surface area contributed by atoms with Crippen LogP contribution in [0.25, 0.3) is 5.65 Å². The van der Waals surface area contributed by atoms with Crippen molar-refractivity contribution in [2.24, 2.45) is 0 Å². The van der Waals surface area contributed by atoms with Crippen molar-refractivity contribution in [2.45, 2.75) is 89.7 Å². The van der Waals surface area contributed by atoms with E-state index in [9.17, 15) is 9.59 Å². The molecule has 3 aromatic heterocycles. The molecule has 2 amide bonds. The van der Waals surface area contributed by atoms with Gasteiger partial charge in [-0.3, -0.25) is 9.72 Å². The van der Waals surface area contributed by atoms with Gasteiger partial charge in [-0.25, -0.2) is 19.6 Å². The molecule has 0 bridgehead atoms. The van der Waals surface area contributed by atoms with Gasteiger partial charge < -0.3 is 14.8 Å². The molecule has 1 aromatic carbocycles. The topological polar surface area (TPSA) is 133 Å². The highest BCUT2D eigenvalue weighted by Crippen LogP contribution is 2.39.